The van der Waals surface area contributed by atoms with Crippen LogP contribution in [0.2, 0.25) is 5.02 Å². The number of halogens is 1. The van der Waals surface area contributed by atoms with Crippen molar-refractivity contribution < 1.29 is 14.4 Å². The van der Waals surface area contributed by atoms with Gasteiger partial charge in [0, 0.05) is 5.02 Å². The Hall–Kier alpha value is -1.26. The molecular weight excluding hydrogens is 266 g/mol. The first-order valence-electron chi connectivity index (χ1n) is 6.53. The van der Waals surface area contributed by atoms with E-state index in [4.69, 9.17) is 21.2 Å². The molecule has 0 aromatic heterocycles. The second kappa shape index (κ2) is 6.78. The molecule has 1 N–H and O–H groups in total. The fourth-order valence-electron chi connectivity index (χ4n) is 2.00. The molecule has 104 valence electrons. The molecule has 1 aromatic carbocycles. The van der Waals surface area contributed by atoms with Crippen LogP contribution in [0.1, 0.15) is 32.6 Å². The van der Waals surface area contributed by atoms with Crippen molar-refractivity contribution >= 4 is 17.5 Å². The van der Waals surface area contributed by atoms with Crippen LogP contribution in [0.15, 0.2) is 24.3 Å². The highest BCUT2D eigenvalue weighted by Crippen LogP contribution is 2.20. The van der Waals surface area contributed by atoms with Gasteiger partial charge >= 0.3 is 0 Å². The first-order chi connectivity index (χ1) is 9.15. The van der Waals surface area contributed by atoms with Gasteiger partial charge in [-0.1, -0.05) is 24.4 Å². The number of carbonyl (C=O) groups excluding carboxylic acids is 1. The Kier molecular flexibility index (Phi) is 5.05. The molecule has 0 heterocycles. The Bertz CT molecular complexity index is 415. The predicted molar refractivity (Wildman–Crippen MR) is 73.0 cm³/mol. The van der Waals surface area contributed by atoms with Crippen molar-refractivity contribution in [1.29, 1.82) is 0 Å². The summed E-state index contributed by atoms with van der Waals surface area (Å²) in [6, 6.07) is 6.89. The SMILES string of the molecule is C[C@H](Oc1ccc(Cl)cc1)C(=O)NOC1CCCC1. The third kappa shape index (κ3) is 4.40. The zero-order valence-electron chi connectivity index (χ0n) is 10.9. The lowest BCUT2D eigenvalue weighted by molar-refractivity contribution is -0.144. The molecule has 1 fully saturated rings. The minimum Gasteiger partial charge on any atom is -0.481 e. The zero-order chi connectivity index (χ0) is 13.7. The fraction of sp³-hybridized carbons (Fsp3) is 0.500. The number of benzene rings is 1. The molecule has 0 spiro atoms. The summed E-state index contributed by atoms with van der Waals surface area (Å²) in [7, 11) is 0. The number of amides is 1. The summed E-state index contributed by atoms with van der Waals surface area (Å²) in [5, 5.41) is 0.633. The second-order valence-electron chi connectivity index (χ2n) is 4.70. The van der Waals surface area contributed by atoms with Crippen LogP contribution in [-0.2, 0) is 9.63 Å². The van der Waals surface area contributed by atoms with E-state index >= 15 is 0 Å². The molecule has 0 saturated heterocycles. The van der Waals surface area contributed by atoms with Gasteiger partial charge in [0.25, 0.3) is 5.91 Å². The van der Waals surface area contributed by atoms with Crippen molar-refractivity contribution in [2.24, 2.45) is 0 Å². The van der Waals surface area contributed by atoms with Gasteiger partial charge in [-0.15, -0.1) is 0 Å². The van der Waals surface area contributed by atoms with E-state index < -0.39 is 6.10 Å². The predicted octanol–water partition coefficient (Wildman–Crippen LogP) is 3.10. The summed E-state index contributed by atoms with van der Waals surface area (Å²) in [5.74, 6) is 0.328. The summed E-state index contributed by atoms with van der Waals surface area (Å²) in [4.78, 5) is 17.1. The first kappa shape index (κ1) is 14.2. The van der Waals surface area contributed by atoms with Crippen molar-refractivity contribution in [3.8, 4) is 5.75 Å². The number of rotatable bonds is 5. The molecule has 19 heavy (non-hydrogen) atoms. The van der Waals surface area contributed by atoms with Crippen LogP contribution < -0.4 is 10.2 Å². The maximum atomic E-state index is 11.8. The average molecular weight is 284 g/mol. The fourth-order valence-corrected chi connectivity index (χ4v) is 2.13. The lowest BCUT2D eigenvalue weighted by atomic mass is 10.3. The van der Waals surface area contributed by atoms with Crippen LogP contribution in [0.25, 0.3) is 0 Å². The van der Waals surface area contributed by atoms with E-state index in [-0.39, 0.29) is 12.0 Å². The third-order valence-electron chi connectivity index (χ3n) is 3.12. The summed E-state index contributed by atoms with van der Waals surface area (Å²) in [6.45, 7) is 1.68. The molecule has 0 radical (unpaired) electrons. The van der Waals surface area contributed by atoms with Crippen molar-refractivity contribution in [1.82, 2.24) is 5.48 Å². The Balaban J connectivity index is 1.76. The van der Waals surface area contributed by atoms with Gasteiger partial charge < -0.3 is 4.74 Å². The van der Waals surface area contributed by atoms with E-state index in [1.54, 1.807) is 31.2 Å². The highest BCUT2D eigenvalue weighted by Gasteiger charge is 2.20. The second-order valence-corrected chi connectivity index (χ2v) is 5.14. The molecule has 1 atom stereocenters. The number of hydrogen-bond acceptors (Lipinski definition) is 3. The lowest BCUT2D eigenvalue weighted by Crippen LogP contribution is -2.38. The Morgan fingerprint density at radius 3 is 2.58 bits per heavy atom. The molecule has 1 aliphatic rings. The lowest BCUT2D eigenvalue weighted by Gasteiger charge is -2.16. The van der Waals surface area contributed by atoms with Gasteiger partial charge in [0.05, 0.1) is 6.10 Å². The molecule has 0 bridgehead atoms. The van der Waals surface area contributed by atoms with Crippen LogP contribution in [0, 0.1) is 0 Å². The van der Waals surface area contributed by atoms with E-state index in [0.29, 0.717) is 10.8 Å². The number of nitrogens with one attached hydrogen (secondary N) is 1. The van der Waals surface area contributed by atoms with Gasteiger partial charge in [-0.05, 0) is 44.0 Å². The number of hydroxylamine groups is 1. The van der Waals surface area contributed by atoms with Gasteiger partial charge in [0.2, 0.25) is 0 Å². The Morgan fingerprint density at radius 1 is 1.32 bits per heavy atom. The highest BCUT2D eigenvalue weighted by molar-refractivity contribution is 6.30. The Morgan fingerprint density at radius 2 is 1.95 bits per heavy atom. The molecule has 0 aliphatic heterocycles. The van der Waals surface area contributed by atoms with E-state index in [0.717, 1.165) is 25.7 Å². The van der Waals surface area contributed by atoms with Crippen LogP contribution in [0.3, 0.4) is 0 Å². The summed E-state index contributed by atoms with van der Waals surface area (Å²) in [5.41, 5.74) is 2.47. The maximum absolute atomic E-state index is 11.8. The first-order valence-corrected chi connectivity index (χ1v) is 6.90. The van der Waals surface area contributed by atoms with Crippen LogP contribution >= 0.6 is 11.6 Å². The number of hydrogen-bond donors (Lipinski definition) is 1. The molecule has 4 nitrogen and oxygen atoms in total. The van der Waals surface area contributed by atoms with Gasteiger partial charge in [-0.3, -0.25) is 9.63 Å². The van der Waals surface area contributed by atoms with E-state index in [1.165, 1.54) is 0 Å². The largest absolute Gasteiger partial charge is 0.481 e. The van der Waals surface area contributed by atoms with Gasteiger partial charge in [-0.25, -0.2) is 5.48 Å². The molecule has 1 aromatic rings. The number of carbonyl (C=O) groups is 1. The molecule has 1 aliphatic carbocycles. The van der Waals surface area contributed by atoms with Gasteiger partial charge in [-0.2, -0.15) is 0 Å². The summed E-state index contributed by atoms with van der Waals surface area (Å²) >= 11 is 5.78. The average Bonchev–Trinajstić information content (AvgIpc) is 2.91. The van der Waals surface area contributed by atoms with Gasteiger partial charge in [0.1, 0.15) is 5.75 Å². The summed E-state index contributed by atoms with van der Waals surface area (Å²) in [6.07, 6.45) is 3.88. The standard InChI is InChI=1S/C14H18ClNO3/c1-10(18-12-8-6-11(15)7-9-12)14(17)16-19-13-4-2-3-5-13/h6-10,13H,2-5H2,1H3,(H,16,17)/t10-/m0/s1. The monoisotopic (exact) mass is 283 g/mol. The number of ether oxygens (including phenoxy) is 1. The van der Waals surface area contributed by atoms with Crippen LogP contribution in [0.5, 0.6) is 5.75 Å². The highest BCUT2D eigenvalue weighted by atomic mass is 35.5. The summed E-state index contributed by atoms with van der Waals surface area (Å²) < 4.78 is 5.50. The zero-order valence-corrected chi connectivity index (χ0v) is 11.7. The minimum absolute atomic E-state index is 0.145. The van der Waals surface area contributed by atoms with E-state index in [2.05, 4.69) is 5.48 Å². The third-order valence-corrected chi connectivity index (χ3v) is 3.38. The van der Waals surface area contributed by atoms with E-state index in [9.17, 15) is 4.79 Å². The molecule has 1 saturated carbocycles. The van der Waals surface area contributed by atoms with Crippen LogP contribution in [0.4, 0.5) is 0 Å². The quantitative estimate of drug-likeness (QED) is 0.845. The molecule has 2 rings (SSSR count). The van der Waals surface area contributed by atoms with Crippen LogP contribution in [-0.4, -0.2) is 18.1 Å². The van der Waals surface area contributed by atoms with Crippen molar-refractivity contribution in [2.75, 3.05) is 0 Å². The molecule has 0 unspecified atom stereocenters. The molecule has 5 heteroatoms. The molecular formula is C14H18ClNO3. The Labute approximate surface area is 118 Å². The van der Waals surface area contributed by atoms with E-state index in [1.807, 2.05) is 0 Å². The topological polar surface area (TPSA) is 47.6 Å². The van der Waals surface area contributed by atoms with Crippen molar-refractivity contribution in [2.45, 2.75) is 44.8 Å². The van der Waals surface area contributed by atoms with Gasteiger partial charge in [0.15, 0.2) is 6.10 Å². The maximum Gasteiger partial charge on any atom is 0.284 e. The minimum atomic E-state index is -0.609. The van der Waals surface area contributed by atoms with Crippen molar-refractivity contribution in [3.63, 3.8) is 0 Å². The smallest absolute Gasteiger partial charge is 0.284 e. The normalized spacial score (nSPS) is 17.2. The van der Waals surface area contributed by atoms with Crippen molar-refractivity contribution in [3.05, 3.63) is 29.3 Å². The molecule has 1 amide bonds.